The Morgan fingerprint density at radius 2 is 2.00 bits per heavy atom. The zero-order valence-corrected chi connectivity index (χ0v) is 15.4. The predicted molar refractivity (Wildman–Crippen MR) is 80.6 cm³/mol. The first-order valence-electron chi connectivity index (χ1n) is 5.62. The molecule has 20 heavy (non-hydrogen) atoms. The molecule has 4 nitrogen and oxygen atoms in total. The summed E-state index contributed by atoms with van der Waals surface area (Å²) in [5.41, 5.74) is 0.652. The first-order chi connectivity index (χ1) is 9.19. The summed E-state index contributed by atoms with van der Waals surface area (Å²) in [4.78, 5) is 0.163. The minimum absolute atomic E-state index is 0.0835. The van der Waals surface area contributed by atoms with Gasteiger partial charge in [0, 0.05) is 0 Å². The van der Waals surface area contributed by atoms with Crippen molar-refractivity contribution in [2.24, 2.45) is 0 Å². The van der Waals surface area contributed by atoms with Gasteiger partial charge in [0.1, 0.15) is 0 Å². The minimum atomic E-state index is -3.51. The molecule has 8 heteroatoms. The van der Waals surface area contributed by atoms with Gasteiger partial charge in [0.2, 0.25) is 0 Å². The van der Waals surface area contributed by atoms with Crippen molar-refractivity contribution in [1.82, 2.24) is 4.72 Å². The van der Waals surface area contributed by atoms with Crippen LogP contribution in [0, 0.1) is 7.11 Å². The van der Waals surface area contributed by atoms with E-state index in [0.717, 1.165) is 5.75 Å². The summed E-state index contributed by atoms with van der Waals surface area (Å²) in [5.74, 6) is 0.718. The number of hydrogen-bond donors (Lipinski definition) is 1. The number of sulfonamides is 1. The standard InChI is InChI=1S/C12H17NO3S.2ClH.Ru/c1-9(2)16(5)12-7-6-11(8-10(12)3)17(14,15)13-4;;;/h3,6-9,13H,5H2,1-2,4H3;2*1H;/q;;;+2/p-2. The molecule has 0 atom stereocenters. The van der Waals surface area contributed by atoms with Crippen LogP contribution >= 0.6 is 19.4 Å². The van der Waals surface area contributed by atoms with Gasteiger partial charge in [0.05, 0.1) is 0 Å². The molecule has 0 saturated carbocycles. The van der Waals surface area contributed by atoms with E-state index >= 15 is 0 Å². The molecule has 1 rings (SSSR count). The molecule has 0 spiro atoms. The van der Waals surface area contributed by atoms with Crippen LogP contribution in [-0.2, 0) is 27.9 Å². The summed E-state index contributed by atoms with van der Waals surface area (Å²) in [5, 5.41) is 0. The van der Waals surface area contributed by atoms with E-state index in [1.807, 2.05) is 13.8 Å². The van der Waals surface area contributed by atoms with Crippen LogP contribution in [0.5, 0.6) is 5.75 Å². The van der Waals surface area contributed by atoms with Gasteiger partial charge in [-0.3, -0.25) is 0 Å². The molecule has 1 aromatic rings. The number of benzene rings is 1. The van der Waals surface area contributed by atoms with Crippen molar-refractivity contribution in [1.29, 1.82) is 0 Å². The Morgan fingerprint density at radius 3 is 2.45 bits per heavy atom. The molecular weight excluding hydrogens is 410 g/mol. The molecule has 116 valence electrons. The first-order valence-corrected chi connectivity index (χ1v) is 12.6. The van der Waals surface area contributed by atoms with Gasteiger partial charge in [-0.25, -0.2) is 0 Å². The molecular formula is C12H17Cl2NO3RuS. The molecule has 0 unspecified atom stereocenters. The van der Waals surface area contributed by atoms with Crippen molar-refractivity contribution in [2.45, 2.75) is 24.8 Å². The summed E-state index contributed by atoms with van der Waals surface area (Å²) in [7, 11) is 13.6. The quantitative estimate of drug-likeness (QED) is 0.446. The van der Waals surface area contributed by atoms with E-state index in [9.17, 15) is 8.42 Å². The third-order valence-corrected chi connectivity index (χ3v) is 5.84. The Balaban J connectivity index is 3.46. The van der Waals surface area contributed by atoms with Crippen molar-refractivity contribution in [3.8, 4) is 5.75 Å². The van der Waals surface area contributed by atoms with Crippen LogP contribution in [-0.4, -0.2) is 26.2 Å². The Hall–Kier alpha value is 0.00338. The zero-order chi connectivity index (χ0) is 15.5. The van der Waals surface area contributed by atoms with Gasteiger partial charge in [0.25, 0.3) is 0 Å². The van der Waals surface area contributed by atoms with E-state index in [1.54, 1.807) is 16.7 Å². The second kappa shape index (κ2) is 7.32. The maximum absolute atomic E-state index is 11.8. The van der Waals surface area contributed by atoms with Crippen LogP contribution < -0.4 is 4.72 Å². The SMILES string of the molecule is [CH2-][O+](c1ccc(S(=O)(=O)NC)cc1[CH]=[Ru]([Cl])[Cl])C(C)C. The molecule has 0 saturated heterocycles. The van der Waals surface area contributed by atoms with Crippen molar-refractivity contribution >= 4 is 34.0 Å². The molecule has 0 aliphatic rings. The van der Waals surface area contributed by atoms with E-state index in [0.29, 0.717) is 5.56 Å². The Kier molecular flexibility index (Phi) is 6.61. The van der Waals surface area contributed by atoms with Gasteiger partial charge in [-0.05, 0) is 0 Å². The molecule has 0 aliphatic heterocycles. The molecule has 1 N–H and O–H groups in total. The summed E-state index contributed by atoms with van der Waals surface area (Å²) >= 11 is -2.09. The van der Waals surface area contributed by atoms with Crippen LogP contribution in [0.1, 0.15) is 19.4 Å². The summed E-state index contributed by atoms with van der Waals surface area (Å²) in [6.07, 6.45) is 0.0835. The van der Waals surface area contributed by atoms with Gasteiger partial charge in [-0.2, -0.15) is 0 Å². The molecule has 0 fully saturated rings. The third-order valence-electron chi connectivity index (χ3n) is 2.60. The monoisotopic (exact) mass is 427 g/mol. The fourth-order valence-electron chi connectivity index (χ4n) is 1.47. The van der Waals surface area contributed by atoms with E-state index in [4.69, 9.17) is 19.4 Å². The van der Waals surface area contributed by atoms with Gasteiger partial charge < -0.3 is 0 Å². The maximum atomic E-state index is 11.8. The van der Waals surface area contributed by atoms with Crippen molar-refractivity contribution in [3.63, 3.8) is 0 Å². The average Bonchev–Trinajstić information content (AvgIpc) is 2.37. The third kappa shape index (κ3) is 4.50. The Bertz CT molecular complexity index is 613. The van der Waals surface area contributed by atoms with Crippen LogP contribution in [0.25, 0.3) is 0 Å². The summed E-state index contributed by atoms with van der Waals surface area (Å²) in [6.45, 7) is 3.91. The summed E-state index contributed by atoms with van der Waals surface area (Å²) < 4.78 is 30.3. The van der Waals surface area contributed by atoms with Gasteiger partial charge in [-0.15, -0.1) is 0 Å². The van der Waals surface area contributed by atoms with Crippen LogP contribution in [0.2, 0.25) is 0 Å². The van der Waals surface area contributed by atoms with Crippen LogP contribution in [0.4, 0.5) is 0 Å². The second-order valence-electron chi connectivity index (χ2n) is 4.19. The second-order valence-corrected chi connectivity index (χ2v) is 11.8. The van der Waals surface area contributed by atoms with Crippen LogP contribution in [0.3, 0.4) is 0 Å². The fraction of sp³-hybridized carbons (Fsp3) is 0.333. The fourth-order valence-corrected chi connectivity index (χ4v) is 4.02. The van der Waals surface area contributed by atoms with Crippen molar-refractivity contribution in [3.05, 3.63) is 30.9 Å². The van der Waals surface area contributed by atoms with E-state index in [2.05, 4.69) is 16.2 Å². The van der Waals surface area contributed by atoms with Crippen LogP contribution in [0.15, 0.2) is 23.1 Å². The van der Waals surface area contributed by atoms with Gasteiger partial charge in [-0.1, -0.05) is 0 Å². The number of hydrogen-bond acceptors (Lipinski definition) is 2. The molecule has 1 aromatic carbocycles. The predicted octanol–water partition coefficient (Wildman–Crippen LogP) is 3.14. The summed E-state index contributed by atoms with van der Waals surface area (Å²) in [6, 6.07) is 4.74. The van der Waals surface area contributed by atoms with Crippen molar-refractivity contribution in [2.75, 3.05) is 7.05 Å². The molecule has 0 amide bonds. The average molecular weight is 427 g/mol. The van der Waals surface area contributed by atoms with Gasteiger partial charge in [0.15, 0.2) is 0 Å². The Morgan fingerprint density at radius 1 is 1.40 bits per heavy atom. The molecule has 0 aromatic heterocycles. The van der Waals surface area contributed by atoms with E-state index < -0.39 is 23.5 Å². The Labute approximate surface area is 133 Å². The number of halogens is 2. The van der Waals surface area contributed by atoms with Gasteiger partial charge >= 0.3 is 134 Å². The molecule has 0 bridgehead atoms. The van der Waals surface area contributed by atoms with E-state index in [-0.39, 0.29) is 11.0 Å². The normalized spacial score (nSPS) is 12.4. The van der Waals surface area contributed by atoms with Crippen molar-refractivity contribution < 1.29 is 26.3 Å². The number of rotatable bonds is 5. The molecule has 0 heterocycles. The van der Waals surface area contributed by atoms with E-state index in [1.165, 1.54) is 13.1 Å². The topological polar surface area (TPSA) is 48.9 Å². The molecule has 0 aliphatic carbocycles. The zero-order valence-electron chi connectivity index (χ0n) is 11.3. The number of nitrogens with one attached hydrogen (secondary N) is 1. The first kappa shape index (κ1) is 18.1. The molecule has 0 radical (unpaired) electrons.